The Balaban J connectivity index is 2.27. The second kappa shape index (κ2) is 5.83. The predicted molar refractivity (Wildman–Crippen MR) is 72.4 cm³/mol. The third-order valence-electron chi connectivity index (χ3n) is 4.13. The van der Waals surface area contributed by atoms with Crippen LogP contribution >= 0.6 is 0 Å². The lowest BCUT2D eigenvalue weighted by molar-refractivity contribution is 0.0342. The van der Waals surface area contributed by atoms with Gasteiger partial charge in [0.05, 0.1) is 12.2 Å². The first kappa shape index (κ1) is 13.5. The highest BCUT2D eigenvalue weighted by molar-refractivity contribution is 5.28. The molecule has 1 aromatic carbocycles. The Morgan fingerprint density at radius 2 is 2.17 bits per heavy atom. The molecule has 0 aromatic heterocycles. The van der Waals surface area contributed by atoms with Gasteiger partial charge in [-0.15, -0.1) is 0 Å². The van der Waals surface area contributed by atoms with Crippen LogP contribution in [0.4, 0.5) is 0 Å². The normalized spacial score (nSPS) is 24.7. The van der Waals surface area contributed by atoms with Gasteiger partial charge in [-0.2, -0.15) is 0 Å². The minimum Gasteiger partial charge on any atom is -0.392 e. The lowest BCUT2D eigenvalue weighted by Gasteiger charge is -2.38. The molecule has 3 atom stereocenters. The zero-order chi connectivity index (χ0) is 13.0. The fourth-order valence-corrected chi connectivity index (χ4v) is 2.88. The predicted octanol–water partition coefficient (Wildman–Crippen LogP) is 1.83. The topological polar surface area (TPSA) is 55.5 Å². The Morgan fingerprint density at radius 3 is 2.67 bits per heavy atom. The van der Waals surface area contributed by atoms with Gasteiger partial charge in [0.25, 0.3) is 0 Å². The molecule has 2 rings (SSSR count). The minimum atomic E-state index is -0.478. The summed E-state index contributed by atoms with van der Waals surface area (Å²) >= 11 is 0. The van der Waals surface area contributed by atoms with Gasteiger partial charge in [-0.1, -0.05) is 30.3 Å². The van der Waals surface area contributed by atoms with E-state index >= 15 is 0 Å². The van der Waals surface area contributed by atoms with Gasteiger partial charge in [0.2, 0.25) is 0 Å². The SMILES string of the molecule is CC(O)C(CN)(CC1CCCO1)c1ccccc1. The molecular weight excluding hydrogens is 226 g/mol. The molecule has 3 heteroatoms. The number of hydrogen-bond donors (Lipinski definition) is 2. The Labute approximate surface area is 109 Å². The van der Waals surface area contributed by atoms with E-state index in [1.807, 2.05) is 25.1 Å². The van der Waals surface area contributed by atoms with Gasteiger partial charge in [-0.05, 0) is 31.7 Å². The van der Waals surface area contributed by atoms with E-state index in [1.165, 1.54) is 0 Å². The van der Waals surface area contributed by atoms with E-state index in [2.05, 4.69) is 12.1 Å². The molecule has 18 heavy (non-hydrogen) atoms. The number of aliphatic hydroxyl groups is 1. The van der Waals surface area contributed by atoms with Gasteiger partial charge >= 0.3 is 0 Å². The molecule has 1 fully saturated rings. The Hall–Kier alpha value is -0.900. The first-order valence-corrected chi connectivity index (χ1v) is 6.74. The van der Waals surface area contributed by atoms with E-state index in [4.69, 9.17) is 10.5 Å². The second-order valence-corrected chi connectivity index (χ2v) is 5.24. The van der Waals surface area contributed by atoms with Crippen molar-refractivity contribution in [2.24, 2.45) is 5.73 Å². The number of aliphatic hydroxyl groups excluding tert-OH is 1. The van der Waals surface area contributed by atoms with Gasteiger partial charge in [0, 0.05) is 18.6 Å². The molecule has 1 aromatic rings. The molecule has 1 saturated heterocycles. The molecule has 0 aliphatic carbocycles. The number of hydrogen-bond acceptors (Lipinski definition) is 3. The maximum atomic E-state index is 10.2. The van der Waals surface area contributed by atoms with Crippen LogP contribution in [0.25, 0.3) is 0 Å². The molecule has 0 bridgehead atoms. The summed E-state index contributed by atoms with van der Waals surface area (Å²) in [5.41, 5.74) is 6.72. The molecular formula is C15H23NO2. The first-order chi connectivity index (χ1) is 8.69. The number of ether oxygens (including phenoxy) is 1. The molecule has 1 heterocycles. The average molecular weight is 249 g/mol. The fourth-order valence-electron chi connectivity index (χ4n) is 2.88. The van der Waals surface area contributed by atoms with Crippen molar-refractivity contribution in [3.8, 4) is 0 Å². The standard InChI is InChI=1S/C15H23NO2/c1-12(17)15(11-16,10-14-8-5-9-18-14)13-6-3-2-4-7-13/h2-4,6-7,12,14,17H,5,8-11,16H2,1H3. The highest BCUT2D eigenvalue weighted by Gasteiger charge is 2.39. The molecule has 0 spiro atoms. The summed E-state index contributed by atoms with van der Waals surface area (Å²) in [4.78, 5) is 0. The summed E-state index contributed by atoms with van der Waals surface area (Å²) in [6.45, 7) is 3.10. The van der Waals surface area contributed by atoms with E-state index in [-0.39, 0.29) is 6.10 Å². The van der Waals surface area contributed by atoms with Crippen LogP contribution in [-0.4, -0.2) is 30.5 Å². The molecule has 1 aliphatic heterocycles. The van der Waals surface area contributed by atoms with Crippen LogP contribution in [-0.2, 0) is 10.2 Å². The second-order valence-electron chi connectivity index (χ2n) is 5.24. The van der Waals surface area contributed by atoms with Gasteiger partial charge in [-0.25, -0.2) is 0 Å². The van der Waals surface area contributed by atoms with Crippen LogP contribution in [0.2, 0.25) is 0 Å². The van der Waals surface area contributed by atoms with Crippen LogP contribution in [0.1, 0.15) is 31.7 Å². The Kier molecular flexibility index (Phi) is 4.38. The van der Waals surface area contributed by atoms with Crippen LogP contribution in [0, 0.1) is 0 Å². The number of benzene rings is 1. The summed E-state index contributed by atoms with van der Waals surface area (Å²) < 4.78 is 5.72. The van der Waals surface area contributed by atoms with Crippen molar-refractivity contribution in [2.75, 3.05) is 13.2 Å². The monoisotopic (exact) mass is 249 g/mol. The van der Waals surface area contributed by atoms with Crippen molar-refractivity contribution in [3.63, 3.8) is 0 Å². The molecule has 0 amide bonds. The molecule has 3 unspecified atom stereocenters. The molecule has 0 radical (unpaired) electrons. The van der Waals surface area contributed by atoms with Crippen molar-refractivity contribution < 1.29 is 9.84 Å². The maximum absolute atomic E-state index is 10.2. The zero-order valence-corrected chi connectivity index (χ0v) is 11.0. The highest BCUT2D eigenvalue weighted by atomic mass is 16.5. The van der Waals surface area contributed by atoms with Gasteiger partial charge < -0.3 is 15.6 Å². The van der Waals surface area contributed by atoms with Crippen LogP contribution < -0.4 is 5.73 Å². The quantitative estimate of drug-likeness (QED) is 0.837. The fraction of sp³-hybridized carbons (Fsp3) is 0.600. The van der Waals surface area contributed by atoms with E-state index < -0.39 is 11.5 Å². The van der Waals surface area contributed by atoms with Crippen LogP contribution in [0.15, 0.2) is 30.3 Å². The Morgan fingerprint density at radius 1 is 1.44 bits per heavy atom. The summed E-state index contributed by atoms with van der Waals surface area (Å²) in [5, 5.41) is 10.2. The van der Waals surface area contributed by atoms with Gasteiger partial charge in [0.15, 0.2) is 0 Å². The molecule has 100 valence electrons. The van der Waals surface area contributed by atoms with Gasteiger partial charge in [-0.3, -0.25) is 0 Å². The first-order valence-electron chi connectivity index (χ1n) is 6.74. The molecule has 3 N–H and O–H groups in total. The maximum Gasteiger partial charge on any atom is 0.0621 e. The third kappa shape index (κ3) is 2.58. The summed E-state index contributed by atoms with van der Waals surface area (Å²) in [6.07, 6.45) is 2.73. The summed E-state index contributed by atoms with van der Waals surface area (Å²) in [7, 11) is 0. The van der Waals surface area contributed by atoms with E-state index in [9.17, 15) is 5.11 Å². The number of nitrogens with two attached hydrogens (primary N) is 1. The van der Waals surface area contributed by atoms with Crippen LogP contribution in [0.3, 0.4) is 0 Å². The van der Waals surface area contributed by atoms with Crippen LogP contribution in [0.5, 0.6) is 0 Å². The van der Waals surface area contributed by atoms with Crippen molar-refractivity contribution in [1.82, 2.24) is 0 Å². The van der Waals surface area contributed by atoms with Gasteiger partial charge in [0.1, 0.15) is 0 Å². The molecule has 1 aliphatic rings. The largest absolute Gasteiger partial charge is 0.392 e. The smallest absolute Gasteiger partial charge is 0.0621 e. The van der Waals surface area contributed by atoms with Crippen molar-refractivity contribution in [2.45, 2.75) is 43.8 Å². The number of rotatable bonds is 5. The van der Waals surface area contributed by atoms with Crippen molar-refractivity contribution in [1.29, 1.82) is 0 Å². The summed E-state index contributed by atoms with van der Waals surface area (Å²) in [5.74, 6) is 0. The highest BCUT2D eigenvalue weighted by Crippen LogP contribution is 2.35. The van der Waals surface area contributed by atoms with E-state index in [0.717, 1.165) is 31.4 Å². The Bertz CT molecular complexity index is 360. The summed E-state index contributed by atoms with van der Waals surface area (Å²) in [6, 6.07) is 10.1. The van der Waals surface area contributed by atoms with E-state index in [1.54, 1.807) is 0 Å². The lowest BCUT2D eigenvalue weighted by atomic mass is 9.72. The van der Waals surface area contributed by atoms with E-state index in [0.29, 0.717) is 6.54 Å². The van der Waals surface area contributed by atoms with Crippen molar-refractivity contribution in [3.05, 3.63) is 35.9 Å². The lowest BCUT2D eigenvalue weighted by Crippen LogP contribution is -2.46. The zero-order valence-electron chi connectivity index (χ0n) is 11.0. The average Bonchev–Trinajstić information content (AvgIpc) is 2.89. The third-order valence-corrected chi connectivity index (χ3v) is 4.13. The van der Waals surface area contributed by atoms with Crippen molar-refractivity contribution >= 4 is 0 Å². The minimum absolute atomic E-state index is 0.225. The molecule has 0 saturated carbocycles. The molecule has 3 nitrogen and oxygen atoms in total.